The van der Waals surface area contributed by atoms with Crippen LogP contribution < -0.4 is 10.2 Å². The van der Waals surface area contributed by atoms with Gasteiger partial charge in [0, 0.05) is 0 Å². The molecule has 0 aromatic heterocycles. The molecule has 4 nitrogen and oxygen atoms in total. The Morgan fingerprint density at radius 1 is 1.04 bits per heavy atom. The van der Waals surface area contributed by atoms with Gasteiger partial charge in [-0.2, -0.15) is 5.10 Å². The third-order valence-electron chi connectivity index (χ3n) is 4.86. The van der Waals surface area contributed by atoms with E-state index in [1.807, 2.05) is 48.5 Å². The highest BCUT2D eigenvalue weighted by Gasteiger charge is 2.11. The van der Waals surface area contributed by atoms with Crippen LogP contribution >= 0.6 is 0 Å². The van der Waals surface area contributed by atoms with Crippen LogP contribution in [0.5, 0.6) is 5.75 Å². The molecule has 0 spiro atoms. The van der Waals surface area contributed by atoms with Gasteiger partial charge >= 0.3 is 0 Å². The minimum atomic E-state index is -0.247. The molecule has 0 saturated heterocycles. The van der Waals surface area contributed by atoms with Crippen molar-refractivity contribution in [2.75, 3.05) is 6.61 Å². The number of amides is 1. The predicted molar refractivity (Wildman–Crippen MR) is 116 cm³/mol. The zero-order valence-corrected chi connectivity index (χ0v) is 17.3. The number of hydrogen-bond donors (Lipinski definition) is 1. The van der Waals surface area contributed by atoms with Crippen LogP contribution in [0.4, 0.5) is 0 Å². The van der Waals surface area contributed by atoms with Crippen molar-refractivity contribution in [2.45, 2.75) is 58.8 Å². The fraction of sp³-hybridized carbons (Fsp3) is 0.417. The zero-order chi connectivity index (χ0) is 20.2. The maximum Gasteiger partial charge on any atom is 0.277 e. The van der Waals surface area contributed by atoms with E-state index in [4.69, 9.17) is 4.74 Å². The van der Waals surface area contributed by atoms with Gasteiger partial charge in [0.25, 0.3) is 5.91 Å². The summed E-state index contributed by atoms with van der Waals surface area (Å²) in [6.45, 7) is 6.44. The van der Waals surface area contributed by atoms with Crippen LogP contribution in [-0.2, 0) is 4.79 Å². The lowest BCUT2D eigenvalue weighted by Gasteiger charge is -2.15. The second-order valence-corrected chi connectivity index (χ2v) is 7.05. The van der Waals surface area contributed by atoms with Crippen LogP contribution in [0.2, 0.25) is 0 Å². The summed E-state index contributed by atoms with van der Waals surface area (Å²) >= 11 is 0. The van der Waals surface area contributed by atoms with E-state index in [-0.39, 0.29) is 12.5 Å². The molecular weight excluding hydrogens is 348 g/mol. The predicted octanol–water partition coefficient (Wildman–Crippen LogP) is 5.68. The van der Waals surface area contributed by atoms with Crippen molar-refractivity contribution < 1.29 is 9.53 Å². The molecule has 0 bridgehead atoms. The topological polar surface area (TPSA) is 50.7 Å². The number of nitrogens with one attached hydrogen (secondary N) is 1. The van der Waals surface area contributed by atoms with Crippen molar-refractivity contribution >= 4 is 11.6 Å². The molecule has 150 valence electrons. The largest absolute Gasteiger partial charge is 0.483 e. The minimum Gasteiger partial charge on any atom is -0.483 e. The van der Waals surface area contributed by atoms with E-state index in [1.54, 1.807) is 0 Å². The molecule has 4 heteroatoms. The molecule has 1 N–H and O–H groups in total. The van der Waals surface area contributed by atoms with E-state index in [0.717, 1.165) is 54.7 Å². The van der Waals surface area contributed by atoms with E-state index in [9.17, 15) is 4.79 Å². The lowest BCUT2D eigenvalue weighted by Crippen LogP contribution is -2.26. The number of carbonyl (C=O) groups excluding carboxylic acids is 1. The van der Waals surface area contributed by atoms with Gasteiger partial charge in [0.1, 0.15) is 5.75 Å². The summed E-state index contributed by atoms with van der Waals surface area (Å²) < 4.78 is 5.78. The first-order valence-corrected chi connectivity index (χ1v) is 10.3. The maximum atomic E-state index is 12.3. The van der Waals surface area contributed by atoms with Crippen LogP contribution in [0.15, 0.2) is 59.7 Å². The average Bonchev–Trinajstić information content (AvgIpc) is 2.75. The lowest BCUT2D eigenvalue weighted by atomic mass is 9.98. The Morgan fingerprint density at radius 3 is 2.46 bits per heavy atom. The number of para-hydroxylation sites is 1. The Bertz CT molecular complexity index is 756. The van der Waals surface area contributed by atoms with E-state index >= 15 is 0 Å². The summed E-state index contributed by atoms with van der Waals surface area (Å²) in [5.41, 5.74) is 5.74. The van der Waals surface area contributed by atoms with Crippen LogP contribution in [-0.4, -0.2) is 18.2 Å². The number of nitrogens with zero attached hydrogens (tertiary/aromatic N) is 1. The third kappa shape index (κ3) is 6.84. The molecule has 2 rings (SSSR count). The highest BCUT2D eigenvalue weighted by Crippen LogP contribution is 2.28. The van der Waals surface area contributed by atoms with Crippen molar-refractivity contribution in [3.8, 4) is 5.75 Å². The number of rotatable bonds is 11. The molecule has 0 radical (unpaired) electrons. The number of benzene rings is 2. The normalized spacial score (nSPS) is 12.5. The Balaban J connectivity index is 1.98. The molecule has 0 aliphatic heterocycles. The minimum absolute atomic E-state index is 0.0476. The standard InChI is InChI=1S/C24H32N2O2/c1-4-6-8-16-22(20-13-9-7-10-14-20)25-26-24(27)18-28-23-17-12-11-15-21(23)19(3)5-2/h7,9-15,17,19H,4-6,8,16,18H2,1-3H3,(H,26,27). The van der Waals surface area contributed by atoms with Crippen molar-refractivity contribution in [3.05, 3.63) is 65.7 Å². The molecule has 2 aromatic rings. The van der Waals surface area contributed by atoms with Crippen LogP contribution in [0.1, 0.15) is 69.9 Å². The highest BCUT2D eigenvalue weighted by molar-refractivity contribution is 6.01. The first-order chi connectivity index (χ1) is 13.7. The van der Waals surface area contributed by atoms with E-state index < -0.39 is 0 Å². The van der Waals surface area contributed by atoms with Crippen LogP contribution in [0.3, 0.4) is 0 Å². The van der Waals surface area contributed by atoms with Gasteiger partial charge in [0.05, 0.1) is 5.71 Å². The summed E-state index contributed by atoms with van der Waals surface area (Å²) in [4.78, 5) is 12.3. The van der Waals surface area contributed by atoms with E-state index in [1.165, 1.54) is 0 Å². The van der Waals surface area contributed by atoms with Crippen LogP contribution in [0.25, 0.3) is 0 Å². The first-order valence-electron chi connectivity index (χ1n) is 10.3. The molecule has 0 heterocycles. The summed E-state index contributed by atoms with van der Waals surface area (Å²) in [6.07, 6.45) is 5.22. The van der Waals surface area contributed by atoms with Crippen molar-refractivity contribution in [3.63, 3.8) is 0 Å². The molecule has 1 atom stereocenters. The number of carbonyl (C=O) groups is 1. The molecule has 0 fully saturated rings. The third-order valence-corrected chi connectivity index (χ3v) is 4.86. The zero-order valence-electron chi connectivity index (χ0n) is 17.3. The summed E-state index contributed by atoms with van der Waals surface area (Å²) in [7, 11) is 0. The van der Waals surface area contributed by atoms with Crippen molar-refractivity contribution in [1.29, 1.82) is 0 Å². The Hall–Kier alpha value is -2.62. The van der Waals surface area contributed by atoms with E-state index in [0.29, 0.717) is 5.92 Å². The second kappa shape index (κ2) is 12.0. The van der Waals surface area contributed by atoms with Gasteiger partial charge in [-0.15, -0.1) is 0 Å². The molecular formula is C24H32N2O2. The van der Waals surface area contributed by atoms with Crippen molar-refractivity contribution in [2.24, 2.45) is 5.10 Å². The fourth-order valence-corrected chi connectivity index (χ4v) is 2.98. The second-order valence-electron chi connectivity index (χ2n) is 7.05. The molecule has 0 aliphatic rings. The summed E-state index contributed by atoms with van der Waals surface area (Å²) in [6, 6.07) is 17.9. The van der Waals surface area contributed by atoms with E-state index in [2.05, 4.69) is 37.4 Å². The van der Waals surface area contributed by atoms with Crippen LogP contribution in [0, 0.1) is 0 Å². The van der Waals surface area contributed by atoms with Gasteiger partial charge < -0.3 is 4.74 Å². The van der Waals surface area contributed by atoms with Crippen molar-refractivity contribution in [1.82, 2.24) is 5.43 Å². The van der Waals surface area contributed by atoms with Gasteiger partial charge in [-0.3, -0.25) is 4.79 Å². The number of hydrazone groups is 1. The van der Waals surface area contributed by atoms with Gasteiger partial charge in [-0.25, -0.2) is 5.43 Å². The van der Waals surface area contributed by atoms with Gasteiger partial charge in [-0.05, 0) is 42.4 Å². The van der Waals surface area contributed by atoms with Gasteiger partial charge in [0.2, 0.25) is 0 Å². The number of hydrogen-bond acceptors (Lipinski definition) is 3. The molecule has 0 aliphatic carbocycles. The highest BCUT2D eigenvalue weighted by atomic mass is 16.5. The smallest absolute Gasteiger partial charge is 0.277 e. The molecule has 2 aromatic carbocycles. The quantitative estimate of drug-likeness (QED) is 0.310. The average molecular weight is 381 g/mol. The maximum absolute atomic E-state index is 12.3. The Labute approximate surface area is 169 Å². The SMILES string of the molecule is CCCCCC(=NNC(=O)COc1ccccc1C(C)CC)c1ccccc1. The number of unbranched alkanes of at least 4 members (excludes halogenated alkanes) is 2. The first kappa shape index (κ1) is 21.7. The molecule has 0 saturated carbocycles. The summed E-state index contributed by atoms with van der Waals surface area (Å²) in [5.74, 6) is 0.908. The van der Waals surface area contributed by atoms with Gasteiger partial charge in [0.15, 0.2) is 6.61 Å². The van der Waals surface area contributed by atoms with Gasteiger partial charge in [-0.1, -0.05) is 82.1 Å². The molecule has 1 unspecified atom stereocenters. The summed E-state index contributed by atoms with van der Waals surface area (Å²) in [5, 5.41) is 4.39. The monoisotopic (exact) mass is 380 g/mol. The lowest BCUT2D eigenvalue weighted by molar-refractivity contribution is -0.123. The Kier molecular flexibility index (Phi) is 9.26. The fourth-order valence-electron chi connectivity index (χ4n) is 2.98. The molecule has 1 amide bonds. The Morgan fingerprint density at radius 2 is 1.75 bits per heavy atom. The molecule has 28 heavy (non-hydrogen) atoms. The number of ether oxygens (including phenoxy) is 1.